The summed E-state index contributed by atoms with van der Waals surface area (Å²) in [4.78, 5) is 18.1. The molecule has 0 radical (unpaired) electrons. The summed E-state index contributed by atoms with van der Waals surface area (Å²) < 4.78 is 0. The van der Waals surface area contributed by atoms with E-state index in [2.05, 4.69) is 24.3 Å². The van der Waals surface area contributed by atoms with Gasteiger partial charge in [0, 0.05) is 11.8 Å². The first-order valence-corrected chi connectivity index (χ1v) is 11.3. The van der Waals surface area contributed by atoms with Gasteiger partial charge in [0.25, 0.3) is 0 Å². The van der Waals surface area contributed by atoms with Crippen molar-refractivity contribution in [2.45, 2.75) is 78.1 Å². The van der Waals surface area contributed by atoms with Crippen LogP contribution in [0.5, 0.6) is 0 Å². The Morgan fingerprint density at radius 3 is 2.78 bits per heavy atom. The highest BCUT2D eigenvalue weighted by molar-refractivity contribution is 5.87. The average molecular weight is 375 g/mol. The molecule has 4 fully saturated rings. The summed E-state index contributed by atoms with van der Waals surface area (Å²) >= 11 is 0. The maximum absolute atomic E-state index is 12.5. The lowest BCUT2D eigenvalue weighted by atomic mass is 9.45. The Kier molecular flexibility index (Phi) is 5.39. The molecule has 4 rings (SSSR count). The predicted molar refractivity (Wildman–Crippen MR) is 109 cm³/mol. The highest BCUT2D eigenvalue weighted by atomic mass is 16.6. The Hall–Kier alpha value is -0.900. The van der Waals surface area contributed by atoms with E-state index >= 15 is 0 Å². The Bertz CT molecular complexity index is 603. The molecule has 27 heavy (non-hydrogen) atoms. The van der Waals surface area contributed by atoms with Crippen LogP contribution in [0.3, 0.4) is 0 Å². The molecule has 4 heteroatoms. The van der Waals surface area contributed by atoms with Crippen molar-refractivity contribution >= 4 is 11.5 Å². The highest BCUT2D eigenvalue weighted by Gasteiger charge is 2.60. The fourth-order valence-electron chi connectivity index (χ4n) is 7.36. The Morgan fingerprint density at radius 2 is 1.96 bits per heavy atom. The van der Waals surface area contributed by atoms with Crippen molar-refractivity contribution in [2.24, 2.45) is 39.7 Å². The normalized spacial score (nSPS) is 45.3. The van der Waals surface area contributed by atoms with Crippen LogP contribution in [0, 0.1) is 34.5 Å². The zero-order valence-electron chi connectivity index (χ0n) is 17.6. The quantitative estimate of drug-likeness (QED) is 0.566. The van der Waals surface area contributed by atoms with Gasteiger partial charge in [-0.1, -0.05) is 19.0 Å². The van der Waals surface area contributed by atoms with E-state index in [1.807, 2.05) is 7.05 Å². The van der Waals surface area contributed by atoms with E-state index in [9.17, 15) is 4.79 Å². The van der Waals surface area contributed by atoms with Crippen molar-refractivity contribution in [3.05, 3.63) is 0 Å². The minimum Gasteiger partial charge on any atom is -0.396 e. The second-order valence-electron chi connectivity index (χ2n) is 10.2. The van der Waals surface area contributed by atoms with E-state index in [1.165, 1.54) is 31.4 Å². The molecule has 0 aromatic heterocycles. The van der Waals surface area contributed by atoms with E-state index in [1.54, 1.807) is 0 Å². The highest BCUT2D eigenvalue weighted by Crippen LogP contribution is 2.65. The van der Waals surface area contributed by atoms with Crippen molar-refractivity contribution in [2.75, 3.05) is 20.2 Å². The Morgan fingerprint density at radius 1 is 1.11 bits per heavy atom. The first kappa shape index (κ1) is 19.4. The number of hydrogen-bond donors (Lipinski definition) is 1. The maximum atomic E-state index is 12.5. The monoisotopic (exact) mass is 374 g/mol. The number of fused-ring (bicyclic) bond motifs is 5. The largest absolute Gasteiger partial charge is 0.396 e. The third-order valence-corrected chi connectivity index (χ3v) is 9.06. The van der Waals surface area contributed by atoms with Crippen molar-refractivity contribution in [1.82, 2.24) is 5.32 Å². The van der Waals surface area contributed by atoms with Gasteiger partial charge in [-0.15, -0.1) is 0 Å². The number of nitrogens with zero attached hydrogens (tertiary/aromatic N) is 1. The van der Waals surface area contributed by atoms with Crippen LogP contribution in [-0.2, 0) is 9.63 Å². The summed E-state index contributed by atoms with van der Waals surface area (Å²) in [6.45, 7) is 6.55. The van der Waals surface area contributed by atoms with Gasteiger partial charge < -0.3 is 10.2 Å². The molecule has 6 atom stereocenters. The van der Waals surface area contributed by atoms with Gasteiger partial charge in [0.1, 0.15) is 12.4 Å². The number of hydrogen-bond acceptors (Lipinski definition) is 4. The summed E-state index contributed by atoms with van der Waals surface area (Å²) in [6, 6.07) is 0. The molecule has 4 nitrogen and oxygen atoms in total. The molecule has 4 unspecified atom stereocenters. The fraction of sp³-hybridized carbons (Fsp3) is 0.913. The summed E-state index contributed by atoms with van der Waals surface area (Å²) in [6.07, 6.45) is 11.5. The Balaban J connectivity index is 1.42. The number of rotatable bonds is 5. The second kappa shape index (κ2) is 7.50. The standard InChI is InChI=1S/C23H38N2O2/c1-22-11-9-17(25-27-14-4-13-24-3)15-16(22)5-6-18-19-7-8-21(26)23(19,2)12-10-20(18)22/h16,18-20,24H,4-15H2,1-3H3/b25-17+/t16?,18?,19?,20?,22-,23-/m0/s1. The van der Waals surface area contributed by atoms with Gasteiger partial charge in [-0.3, -0.25) is 4.79 Å². The lowest BCUT2D eigenvalue weighted by Crippen LogP contribution is -2.53. The van der Waals surface area contributed by atoms with E-state index < -0.39 is 0 Å². The summed E-state index contributed by atoms with van der Waals surface area (Å²) in [5, 5.41) is 7.65. The molecular formula is C23H38N2O2. The molecule has 0 amide bonds. The molecule has 0 bridgehead atoms. The summed E-state index contributed by atoms with van der Waals surface area (Å²) in [5.41, 5.74) is 1.74. The third kappa shape index (κ3) is 3.26. The second-order valence-corrected chi connectivity index (χ2v) is 10.2. The average Bonchev–Trinajstić information content (AvgIpc) is 2.97. The zero-order valence-corrected chi connectivity index (χ0v) is 17.6. The molecule has 152 valence electrons. The number of carbonyl (C=O) groups excluding carboxylic acids is 1. The SMILES string of the molecule is CNCCCO/N=C1\CC[C@@]2(C)C(CCC3C2CC[C@]2(C)C(=O)CCC32)C1. The fourth-order valence-corrected chi connectivity index (χ4v) is 7.36. The van der Waals surface area contributed by atoms with E-state index in [0.717, 1.165) is 62.8 Å². The molecule has 1 N–H and O–H groups in total. The molecule has 0 heterocycles. The lowest BCUT2D eigenvalue weighted by molar-refractivity contribution is -0.137. The number of Topliss-reactive ketones (excluding diaryl/α,β-unsaturated/α-hetero) is 1. The van der Waals surface area contributed by atoms with Crippen LogP contribution in [-0.4, -0.2) is 31.7 Å². The number of carbonyl (C=O) groups is 1. The van der Waals surface area contributed by atoms with Gasteiger partial charge in [-0.2, -0.15) is 0 Å². The molecule has 0 aliphatic heterocycles. The molecule has 0 aromatic carbocycles. The van der Waals surface area contributed by atoms with Crippen LogP contribution >= 0.6 is 0 Å². The van der Waals surface area contributed by atoms with Crippen LogP contribution in [0.2, 0.25) is 0 Å². The lowest BCUT2D eigenvalue weighted by Gasteiger charge is -2.59. The maximum Gasteiger partial charge on any atom is 0.139 e. The minimum absolute atomic E-state index is 0.00678. The molecule has 0 spiro atoms. The van der Waals surface area contributed by atoms with Gasteiger partial charge in [0.15, 0.2) is 0 Å². The van der Waals surface area contributed by atoms with Gasteiger partial charge in [-0.05, 0) is 100 Å². The van der Waals surface area contributed by atoms with Gasteiger partial charge >= 0.3 is 0 Å². The number of ketones is 1. The van der Waals surface area contributed by atoms with Crippen LogP contribution in [0.25, 0.3) is 0 Å². The van der Waals surface area contributed by atoms with Crippen molar-refractivity contribution in [1.29, 1.82) is 0 Å². The summed E-state index contributed by atoms with van der Waals surface area (Å²) in [7, 11) is 1.97. The smallest absolute Gasteiger partial charge is 0.139 e. The van der Waals surface area contributed by atoms with Crippen molar-refractivity contribution < 1.29 is 9.63 Å². The first-order valence-electron chi connectivity index (χ1n) is 11.3. The topological polar surface area (TPSA) is 50.7 Å². The van der Waals surface area contributed by atoms with E-state index in [-0.39, 0.29) is 5.41 Å². The van der Waals surface area contributed by atoms with Crippen LogP contribution in [0.15, 0.2) is 5.16 Å². The number of nitrogens with one attached hydrogen (secondary N) is 1. The number of oxime groups is 1. The molecule has 4 saturated carbocycles. The van der Waals surface area contributed by atoms with Crippen molar-refractivity contribution in [3.8, 4) is 0 Å². The van der Waals surface area contributed by atoms with Crippen LogP contribution in [0.1, 0.15) is 78.1 Å². The molecule has 4 aliphatic carbocycles. The van der Waals surface area contributed by atoms with Gasteiger partial charge in [0.05, 0.1) is 5.71 Å². The molecule has 4 aliphatic rings. The van der Waals surface area contributed by atoms with Crippen LogP contribution < -0.4 is 5.32 Å². The minimum atomic E-state index is 0.00678. The van der Waals surface area contributed by atoms with Crippen LogP contribution in [0.4, 0.5) is 0 Å². The van der Waals surface area contributed by atoms with Gasteiger partial charge in [-0.25, -0.2) is 0 Å². The van der Waals surface area contributed by atoms with Crippen molar-refractivity contribution in [3.63, 3.8) is 0 Å². The van der Waals surface area contributed by atoms with E-state index in [0.29, 0.717) is 23.7 Å². The third-order valence-electron chi connectivity index (χ3n) is 9.06. The molecular weight excluding hydrogens is 336 g/mol. The first-order chi connectivity index (χ1) is 13.0. The molecule has 0 saturated heterocycles. The predicted octanol–water partition coefficient (Wildman–Crippen LogP) is 4.58. The van der Waals surface area contributed by atoms with E-state index in [4.69, 9.17) is 4.84 Å². The van der Waals surface area contributed by atoms with Gasteiger partial charge in [0.2, 0.25) is 0 Å². The summed E-state index contributed by atoms with van der Waals surface area (Å²) in [5.74, 6) is 3.58. The Labute approximate surface area is 164 Å². The zero-order chi connectivity index (χ0) is 19.1. The molecule has 0 aromatic rings.